The van der Waals surface area contributed by atoms with Crippen molar-refractivity contribution in [3.63, 3.8) is 0 Å². The van der Waals surface area contributed by atoms with Crippen molar-refractivity contribution in [2.24, 2.45) is 0 Å². The SMILES string of the molecule is O=C(c1cccnc1Cl)N(CCc1ccccc1)c1nc2ccccc2s1. The zero-order chi connectivity index (χ0) is 18.6. The number of anilines is 1. The van der Waals surface area contributed by atoms with Crippen molar-refractivity contribution in [1.29, 1.82) is 0 Å². The molecule has 0 aliphatic carbocycles. The fraction of sp³-hybridized carbons (Fsp3) is 0.0952. The molecule has 4 nitrogen and oxygen atoms in total. The van der Waals surface area contributed by atoms with Gasteiger partial charge in [0.1, 0.15) is 5.15 Å². The number of carbonyl (C=O) groups is 1. The molecule has 4 aromatic rings. The number of hydrogen-bond acceptors (Lipinski definition) is 4. The molecule has 1 amide bonds. The third kappa shape index (κ3) is 3.84. The lowest BCUT2D eigenvalue weighted by atomic mass is 10.1. The minimum Gasteiger partial charge on any atom is -0.284 e. The van der Waals surface area contributed by atoms with Crippen LogP contribution >= 0.6 is 22.9 Å². The second-order valence-electron chi connectivity index (χ2n) is 6.00. The summed E-state index contributed by atoms with van der Waals surface area (Å²) in [5, 5.41) is 0.866. The van der Waals surface area contributed by atoms with Crippen molar-refractivity contribution in [3.05, 3.63) is 89.2 Å². The van der Waals surface area contributed by atoms with E-state index in [1.165, 1.54) is 11.3 Å². The Bertz CT molecular complexity index is 1050. The number of thiazole rings is 1. The van der Waals surface area contributed by atoms with Crippen molar-refractivity contribution >= 4 is 44.2 Å². The van der Waals surface area contributed by atoms with E-state index in [1.54, 1.807) is 23.2 Å². The molecule has 2 aromatic carbocycles. The molecule has 0 saturated heterocycles. The van der Waals surface area contributed by atoms with Crippen LogP contribution in [0, 0.1) is 0 Å². The van der Waals surface area contributed by atoms with Crippen LogP contribution in [0.4, 0.5) is 5.13 Å². The van der Waals surface area contributed by atoms with Gasteiger partial charge in [0.15, 0.2) is 5.13 Å². The first-order valence-corrected chi connectivity index (χ1v) is 9.74. The number of para-hydroxylation sites is 1. The summed E-state index contributed by atoms with van der Waals surface area (Å²) in [5.74, 6) is -0.192. The van der Waals surface area contributed by atoms with E-state index in [2.05, 4.69) is 22.1 Å². The molecular weight excluding hydrogens is 378 g/mol. The fourth-order valence-corrected chi connectivity index (χ4v) is 4.03. The summed E-state index contributed by atoms with van der Waals surface area (Å²) in [4.78, 5) is 23.6. The lowest BCUT2D eigenvalue weighted by molar-refractivity contribution is 0.0987. The van der Waals surface area contributed by atoms with Crippen molar-refractivity contribution in [1.82, 2.24) is 9.97 Å². The molecule has 0 aliphatic rings. The zero-order valence-corrected chi connectivity index (χ0v) is 16.0. The van der Waals surface area contributed by atoms with Gasteiger partial charge in [0.05, 0.1) is 15.8 Å². The number of fused-ring (bicyclic) bond motifs is 1. The van der Waals surface area contributed by atoms with Crippen LogP contribution < -0.4 is 4.90 Å². The number of nitrogens with zero attached hydrogens (tertiary/aromatic N) is 3. The second-order valence-corrected chi connectivity index (χ2v) is 7.37. The molecule has 0 unspecified atom stereocenters. The van der Waals surface area contributed by atoms with Gasteiger partial charge < -0.3 is 0 Å². The third-order valence-corrected chi connectivity index (χ3v) is 5.58. The summed E-state index contributed by atoms with van der Waals surface area (Å²) >= 11 is 7.67. The van der Waals surface area contributed by atoms with Gasteiger partial charge in [-0.1, -0.05) is 65.4 Å². The standard InChI is InChI=1S/C21H16ClN3OS/c22-19-16(9-6-13-23-19)20(26)25(14-12-15-7-2-1-3-8-15)21-24-17-10-4-5-11-18(17)27-21/h1-11,13H,12,14H2. The van der Waals surface area contributed by atoms with Gasteiger partial charge in [0, 0.05) is 12.7 Å². The highest BCUT2D eigenvalue weighted by atomic mass is 35.5. The molecule has 134 valence electrons. The molecule has 0 fully saturated rings. The molecule has 0 aliphatic heterocycles. The number of amides is 1. The van der Waals surface area contributed by atoms with Crippen LogP contribution in [-0.4, -0.2) is 22.4 Å². The molecule has 0 radical (unpaired) electrons. The summed E-state index contributed by atoms with van der Waals surface area (Å²) in [5.41, 5.74) is 2.42. The summed E-state index contributed by atoms with van der Waals surface area (Å²) in [6, 6.07) is 21.4. The predicted octanol–water partition coefficient (Wildman–Crippen LogP) is 5.23. The first-order valence-electron chi connectivity index (χ1n) is 8.54. The molecule has 4 rings (SSSR count). The van der Waals surface area contributed by atoms with Gasteiger partial charge >= 0.3 is 0 Å². The first-order chi connectivity index (χ1) is 13.2. The number of carbonyl (C=O) groups excluding carboxylic acids is 1. The number of rotatable bonds is 5. The lowest BCUT2D eigenvalue weighted by Gasteiger charge is -2.20. The smallest absolute Gasteiger partial charge is 0.263 e. The van der Waals surface area contributed by atoms with E-state index in [9.17, 15) is 4.79 Å². The summed E-state index contributed by atoms with van der Waals surface area (Å²) in [6.45, 7) is 0.508. The highest BCUT2D eigenvalue weighted by molar-refractivity contribution is 7.22. The van der Waals surface area contributed by atoms with Gasteiger partial charge in [-0.05, 0) is 36.2 Å². The summed E-state index contributed by atoms with van der Waals surface area (Å²) in [7, 11) is 0. The van der Waals surface area contributed by atoms with Crippen molar-refractivity contribution in [2.75, 3.05) is 11.4 Å². The lowest BCUT2D eigenvalue weighted by Crippen LogP contribution is -2.33. The maximum atomic E-state index is 13.2. The molecule has 0 bridgehead atoms. The maximum Gasteiger partial charge on any atom is 0.263 e. The van der Waals surface area contributed by atoms with E-state index in [-0.39, 0.29) is 11.1 Å². The third-order valence-electron chi connectivity index (χ3n) is 4.22. The quantitative estimate of drug-likeness (QED) is 0.436. The van der Waals surface area contributed by atoms with E-state index in [0.717, 1.165) is 22.2 Å². The van der Waals surface area contributed by atoms with Crippen molar-refractivity contribution < 1.29 is 4.79 Å². The number of hydrogen-bond donors (Lipinski definition) is 0. The molecule has 2 aromatic heterocycles. The molecule has 6 heteroatoms. The van der Waals surface area contributed by atoms with Crippen LogP contribution in [-0.2, 0) is 6.42 Å². The fourth-order valence-electron chi connectivity index (χ4n) is 2.84. The Labute approximate surface area is 166 Å². The molecule has 27 heavy (non-hydrogen) atoms. The van der Waals surface area contributed by atoms with Crippen LogP contribution in [0.5, 0.6) is 0 Å². The summed E-state index contributed by atoms with van der Waals surface area (Å²) < 4.78 is 1.04. The molecular formula is C21H16ClN3OS. The van der Waals surface area contributed by atoms with Crippen LogP contribution in [0.2, 0.25) is 5.15 Å². The number of aromatic nitrogens is 2. The topological polar surface area (TPSA) is 46.1 Å². The van der Waals surface area contributed by atoms with Crippen LogP contribution in [0.25, 0.3) is 10.2 Å². The van der Waals surface area contributed by atoms with Crippen LogP contribution in [0.1, 0.15) is 15.9 Å². The zero-order valence-electron chi connectivity index (χ0n) is 14.4. The van der Waals surface area contributed by atoms with E-state index in [0.29, 0.717) is 17.2 Å². The highest BCUT2D eigenvalue weighted by Gasteiger charge is 2.23. The van der Waals surface area contributed by atoms with E-state index in [4.69, 9.17) is 11.6 Å². The van der Waals surface area contributed by atoms with Gasteiger partial charge in [-0.25, -0.2) is 9.97 Å². The summed E-state index contributed by atoms with van der Waals surface area (Å²) in [6.07, 6.45) is 2.30. The highest BCUT2D eigenvalue weighted by Crippen LogP contribution is 2.30. The average Bonchev–Trinajstić information content (AvgIpc) is 3.13. The Kier molecular flexibility index (Phi) is 5.14. The predicted molar refractivity (Wildman–Crippen MR) is 111 cm³/mol. The largest absolute Gasteiger partial charge is 0.284 e. The van der Waals surface area contributed by atoms with Gasteiger partial charge in [0.2, 0.25) is 0 Å². The monoisotopic (exact) mass is 393 g/mol. The van der Waals surface area contributed by atoms with E-state index < -0.39 is 0 Å². The Hall–Kier alpha value is -2.76. The molecule has 2 heterocycles. The van der Waals surface area contributed by atoms with Gasteiger partial charge in [-0.15, -0.1) is 0 Å². The number of pyridine rings is 1. The molecule has 0 spiro atoms. The van der Waals surface area contributed by atoms with Crippen molar-refractivity contribution in [3.8, 4) is 0 Å². The first kappa shape index (κ1) is 17.6. The number of benzene rings is 2. The Morgan fingerprint density at radius 3 is 2.56 bits per heavy atom. The Morgan fingerprint density at radius 1 is 1.00 bits per heavy atom. The molecule has 0 saturated carbocycles. The van der Waals surface area contributed by atoms with Gasteiger partial charge in [0.25, 0.3) is 5.91 Å². The van der Waals surface area contributed by atoms with Gasteiger partial charge in [-0.3, -0.25) is 9.69 Å². The number of halogens is 1. The van der Waals surface area contributed by atoms with E-state index >= 15 is 0 Å². The maximum absolute atomic E-state index is 13.2. The average molecular weight is 394 g/mol. The Morgan fingerprint density at radius 2 is 1.78 bits per heavy atom. The second kappa shape index (κ2) is 7.86. The normalized spacial score (nSPS) is 10.9. The Balaban J connectivity index is 1.70. The van der Waals surface area contributed by atoms with E-state index in [1.807, 2.05) is 42.5 Å². The van der Waals surface area contributed by atoms with Crippen LogP contribution in [0.3, 0.4) is 0 Å². The minimum atomic E-state index is -0.192. The van der Waals surface area contributed by atoms with Crippen LogP contribution in [0.15, 0.2) is 72.9 Å². The molecule has 0 N–H and O–H groups in total. The minimum absolute atomic E-state index is 0.192. The van der Waals surface area contributed by atoms with Crippen molar-refractivity contribution in [2.45, 2.75) is 6.42 Å². The molecule has 0 atom stereocenters. The van der Waals surface area contributed by atoms with Gasteiger partial charge in [-0.2, -0.15) is 0 Å².